The van der Waals surface area contributed by atoms with Crippen molar-refractivity contribution >= 4 is 23.3 Å². The Bertz CT molecular complexity index is 631. The fraction of sp³-hybridized carbons (Fsp3) is 0.571. The standard InChI is InChI=1S/C14H15F3N2O3S/c15-14(16,17)8-22-6-5-19-11(20)13(18-12(19)21)4-1-2-10-9(13)3-7-23-10/h3,7H,1-2,4-6,8H2,(H,18,21)/t13-/m0/s1. The summed E-state index contributed by atoms with van der Waals surface area (Å²) in [6.07, 6.45) is -2.28. The summed E-state index contributed by atoms with van der Waals surface area (Å²) in [5, 5.41) is 4.62. The van der Waals surface area contributed by atoms with Crippen LogP contribution in [0.3, 0.4) is 0 Å². The largest absolute Gasteiger partial charge is 0.411 e. The van der Waals surface area contributed by atoms with Gasteiger partial charge in [-0.2, -0.15) is 13.2 Å². The molecule has 1 atom stereocenters. The summed E-state index contributed by atoms with van der Waals surface area (Å²) in [6.45, 7) is -1.93. The van der Waals surface area contributed by atoms with Crippen molar-refractivity contribution in [1.29, 1.82) is 0 Å². The fourth-order valence-electron chi connectivity index (χ4n) is 3.09. The van der Waals surface area contributed by atoms with Gasteiger partial charge in [-0.3, -0.25) is 9.69 Å². The fourth-order valence-corrected chi connectivity index (χ4v) is 4.09. The molecule has 9 heteroatoms. The number of carbonyl (C=O) groups excluding carboxylic acids is 2. The minimum atomic E-state index is -4.42. The van der Waals surface area contributed by atoms with Crippen molar-refractivity contribution < 1.29 is 27.5 Å². The van der Waals surface area contributed by atoms with Crippen LogP contribution in [0.4, 0.5) is 18.0 Å². The molecule has 3 amide bonds. The summed E-state index contributed by atoms with van der Waals surface area (Å²) >= 11 is 1.54. The normalized spacial score (nSPS) is 24.2. The average molecular weight is 348 g/mol. The van der Waals surface area contributed by atoms with Crippen molar-refractivity contribution in [1.82, 2.24) is 10.2 Å². The molecule has 1 aliphatic carbocycles. The molecule has 0 aromatic carbocycles. The van der Waals surface area contributed by atoms with Gasteiger partial charge in [0, 0.05) is 10.4 Å². The van der Waals surface area contributed by atoms with Crippen LogP contribution < -0.4 is 5.32 Å². The number of imide groups is 1. The van der Waals surface area contributed by atoms with Crippen LogP contribution in [-0.4, -0.2) is 42.8 Å². The lowest BCUT2D eigenvalue weighted by Gasteiger charge is -2.31. The van der Waals surface area contributed by atoms with Crippen molar-refractivity contribution in [2.75, 3.05) is 19.8 Å². The molecular weight excluding hydrogens is 333 g/mol. The third-order valence-corrected chi connectivity index (χ3v) is 5.04. The number of ether oxygens (including phenoxy) is 1. The van der Waals surface area contributed by atoms with Crippen LogP contribution in [0.1, 0.15) is 23.3 Å². The Morgan fingerprint density at radius 1 is 1.39 bits per heavy atom. The molecule has 0 radical (unpaired) electrons. The van der Waals surface area contributed by atoms with Gasteiger partial charge in [-0.1, -0.05) is 0 Å². The molecule has 1 aliphatic heterocycles. The van der Waals surface area contributed by atoms with Crippen molar-refractivity contribution in [3.05, 3.63) is 21.9 Å². The topological polar surface area (TPSA) is 58.6 Å². The molecule has 0 saturated carbocycles. The van der Waals surface area contributed by atoms with E-state index in [-0.39, 0.29) is 13.2 Å². The number of amides is 3. The molecule has 2 heterocycles. The van der Waals surface area contributed by atoms with Gasteiger partial charge in [-0.25, -0.2) is 4.79 Å². The number of carbonyl (C=O) groups is 2. The zero-order valence-electron chi connectivity index (χ0n) is 12.1. The molecule has 1 aromatic rings. The molecule has 1 aromatic heterocycles. The van der Waals surface area contributed by atoms with E-state index in [2.05, 4.69) is 10.1 Å². The first-order valence-corrected chi connectivity index (χ1v) is 8.07. The van der Waals surface area contributed by atoms with Gasteiger partial charge in [0.15, 0.2) is 0 Å². The quantitative estimate of drug-likeness (QED) is 0.672. The number of alkyl halides is 3. The Balaban J connectivity index is 1.70. The maximum absolute atomic E-state index is 12.7. The highest BCUT2D eigenvalue weighted by atomic mass is 32.1. The van der Waals surface area contributed by atoms with E-state index in [1.54, 1.807) is 11.3 Å². The van der Waals surface area contributed by atoms with Gasteiger partial charge < -0.3 is 10.1 Å². The smallest absolute Gasteiger partial charge is 0.370 e. The second-order valence-electron chi connectivity index (χ2n) is 5.57. The molecular formula is C14H15F3N2O3S. The van der Waals surface area contributed by atoms with Gasteiger partial charge in [-0.05, 0) is 30.7 Å². The maximum Gasteiger partial charge on any atom is 0.411 e. The van der Waals surface area contributed by atoms with Crippen molar-refractivity contribution in [3.63, 3.8) is 0 Å². The van der Waals surface area contributed by atoms with Crippen molar-refractivity contribution in [2.45, 2.75) is 31.0 Å². The van der Waals surface area contributed by atoms with Gasteiger partial charge in [-0.15, -0.1) is 11.3 Å². The predicted molar refractivity (Wildman–Crippen MR) is 76.1 cm³/mol. The molecule has 23 heavy (non-hydrogen) atoms. The lowest BCUT2D eigenvalue weighted by atomic mass is 9.80. The van der Waals surface area contributed by atoms with Crippen LogP contribution in [0.2, 0.25) is 0 Å². The van der Waals surface area contributed by atoms with E-state index >= 15 is 0 Å². The summed E-state index contributed by atoms with van der Waals surface area (Å²) in [4.78, 5) is 26.8. The van der Waals surface area contributed by atoms with E-state index in [0.717, 1.165) is 28.2 Å². The third-order valence-electron chi connectivity index (χ3n) is 4.06. The molecule has 0 unspecified atom stereocenters. The van der Waals surface area contributed by atoms with Crippen LogP contribution in [0.5, 0.6) is 0 Å². The lowest BCUT2D eigenvalue weighted by Crippen LogP contribution is -2.46. The first-order chi connectivity index (χ1) is 10.8. The highest BCUT2D eigenvalue weighted by molar-refractivity contribution is 7.10. The molecule has 1 spiro atoms. The molecule has 1 fully saturated rings. The van der Waals surface area contributed by atoms with Crippen molar-refractivity contribution in [3.8, 4) is 0 Å². The van der Waals surface area contributed by atoms with Gasteiger partial charge in [0.25, 0.3) is 5.91 Å². The highest BCUT2D eigenvalue weighted by Crippen LogP contribution is 2.41. The molecule has 126 valence electrons. The molecule has 5 nitrogen and oxygen atoms in total. The van der Waals surface area contributed by atoms with E-state index in [1.165, 1.54) is 0 Å². The Morgan fingerprint density at radius 3 is 2.91 bits per heavy atom. The molecule has 0 bridgehead atoms. The second kappa shape index (κ2) is 5.79. The highest BCUT2D eigenvalue weighted by Gasteiger charge is 2.54. The SMILES string of the molecule is O=C1N[C@]2(CCCc3sccc32)C(=O)N1CCOCC(F)(F)F. The number of halogens is 3. The average Bonchev–Trinajstić information content (AvgIpc) is 3.02. The number of nitrogens with zero attached hydrogens (tertiary/aromatic N) is 1. The van der Waals surface area contributed by atoms with E-state index in [1.807, 2.05) is 11.4 Å². The van der Waals surface area contributed by atoms with Crippen LogP contribution in [-0.2, 0) is 21.5 Å². The molecule has 1 saturated heterocycles. The van der Waals surface area contributed by atoms with E-state index in [0.29, 0.717) is 6.42 Å². The number of thiophene rings is 1. The minimum absolute atomic E-state index is 0.192. The van der Waals surface area contributed by atoms with Crippen LogP contribution in [0, 0.1) is 0 Å². The number of rotatable bonds is 4. The van der Waals surface area contributed by atoms with Crippen LogP contribution in [0.25, 0.3) is 0 Å². The summed E-state index contributed by atoms with van der Waals surface area (Å²) in [7, 11) is 0. The summed E-state index contributed by atoms with van der Waals surface area (Å²) < 4.78 is 40.6. The first kappa shape index (κ1) is 16.3. The predicted octanol–water partition coefficient (Wildman–Crippen LogP) is 2.41. The Morgan fingerprint density at radius 2 is 2.17 bits per heavy atom. The van der Waals surface area contributed by atoms with Crippen LogP contribution in [0.15, 0.2) is 11.4 Å². The third kappa shape index (κ3) is 2.94. The van der Waals surface area contributed by atoms with E-state index in [9.17, 15) is 22.8 Å². The minimum Gasteiger partial charge on any atom is -0.370 e. The summed E-state index contributed by atoms with van der Waals surface area (Å²) in [5.41, 5.74) is -0.250. The Labute approximate surface area is 134 Å². The zero-order valence-corrected chi connectivity index (χ0v) is 12.9. The second-order valence-corrected chi connectivity index (χ2v) is 6.57. The first-order valence-electron chi connectivity index (χ1n) is 7.19. The Kier molecular flexibility index (Phi) is 4.09. The van der Waals surface area contributed by atoms with Gasteiger partial charge in [0.1, 0.15) is 12.1 Å². The van der Waals surface area contributed by atoms with E-state index in [4.69, 9.17) is 0 Å². The number of hydrogen-bond donors (Lipinski definition) is 1. The lowest BCUT2D eigenvalue weighted by molar-refractivity contribution is -0.174. The van der Waals surface area contributed by atoms with Crippen molar-refractivity contribution in [2.24, 2.45) is 0 Å². The van der Waals surface area contributed by atoms with Gasteiger partial charge in [0.2, 0.25) is 0 Å². The summed E-state index contributed by atoms with van der Waals surface area (Å²) in [6, 6.07) is 1.26. The number of nitrogens with one attached hydrogen (secondary N) is 1. The van der Waals surface area contributed by atoms with Gasteiger partial charge >= 0.3 is 12.2 Å². The molecule has 2 aliphatic rings. The number of urea groups is 1. The zero-order chi connectivity index (χ0) is 16.7. The molecule has 1 N–H and O–H groups in total. The number of aryl methyl sites for hydroxylation is 1. The van der Waals surface area contributed by atoms with Crippen LogP contribution >= 0.6 is 11.3 Å². The number of hydrogen-bond acceptors (Lipinski definition) is 4. The summed E-state index contributed by atoms with van der Waals surface area (Å²) in [5.74, 6) is -0.405. The Hall–Kier alpha value is -1.61. The monoisotopic (exact) mass is 348 g/mol. The maximum atomic E-state index is 12.7. The number of fused-ring (bicyclic) bond motifs is 2. The van der Waals surface area contributed by atoms with Gasteiger partial charge in [0.05, 0.1) is 13.2 Å². The molecule has 3 rings (SSSR count). The van der Waals surface area contributed by atoms with E-state index < -0.39 is 30.3 Å².